The number of nitrogens with zero attached hydrogens (tertiary/aromatic N) is 1. The predicted molar refractivity (Wildman–Crippen MR) is 53.4 cm³/mol. The van der Waals surface area contributed by atoms with E-state index >= 15 is 0 Å². The average molecular weight is 170 g/mol. The van der Waals surface area contributed by atoms with Gasteiger partial charge in [0.15, 0.2) is 0 Å². The molecule has 0 aromatic carbocycles. The van der Waals surface area contributed by atoms with Crippen molar-refractivity contribution in [3.05, 3.63) is 0 Å². The van der Waals surface area contributed by atoms with Crippen LogP contribution in [-0.2, 0) is 0 Å². The third kappa shape index (κ3) is 2.20. The van der Waals surface area contributed by atoms with Crippen molar-refractivity contribution >= 4 is 0 Å². The van der Waals surface area contributed by atoms with Gasteiger partial charge in [-0.1, -0.05) is 13.8 Å². The molecule has 1 atom stereocenters. The predicted octanol–water partition coefficient (Wildman–Crippen LogP) is 1.47. The van der Waals surface area contributed by atoms with Crippen LogP contribution < -0.4 is 5.32 Å². The van der Waals surface area contributed by atoms with E-state index in [0.29, 0.717) is 0 Å². The molecule has 1 fully saturated rings. The third-order valence-corrected chi connectivity index (χ3v) is 3.13. The van der Waals surface area contributed by atoms with Crippen LogP contribution in [0.25, 0.3) is 0 Å². The van der Waals surface area contributed by atoms with Crippen molar-refractivity contribution in [2.75, 3.05) is 20.1 Å². The Balaban J connectivity index is 2.37. The van der Waals surface area contributed by atoms with Crippen molar-refractivity contribution in [3.8, 4) is 0 Å². The first-order valence-corrected chi connectivity index (χ1v) is 5.22. The Morgan fingerprint density at radius 1 is 1.42 bits per heavy atom. The maximum absolute atomic E-state index is 3.41. The smallest absolute Gasteiger partial charge is 0.0232 e. The molecule has 0 radical (unpaired) electrons. The molecule has 0 aromatic rings. The van der Waals surface area contributed by atoms with E-state index in [0.717, 1.165) is 12.1 Å². The lowest BCUT2D eigenvalue weighted by Crippen LogP contribution is -2.40. The minimum Gasteiger partial charge on any atom is -0.315 e. The van der Waals surface area contributed by atoms with E-state index in [-0.39, 0.29) is 0 Å². The fraction of sp³-hybridized carbons (Fsp3) is 1.00. The largest absolute Gasteiger partial charge is 0.315 e. The van der Waals surface area contributed by atoms with Crippen molar-refractivity contribution in [3.63, 3.8) is 0 Å². The summed E-state index contributed by atoms with van der Waals surface area (Å²) >= 11 is 0. The Morgan fingerprint density at radius 3 is 2.50 bits per heavy atom. The summed E-state index contributed by atoms with van der Waals surface area (Å²) in [6.45, 7) is 6.96. The summed E-state index contributed by atoms with van der Waals surface area (Å²) in [6, 6.07) is 1.57. The molecule has 1 heterocycles. The fourth-order valence-corrected chi connectivity index (χ4v) is 2.15. The van der Waals surface area contributed by atoms with Crippen molar-refractivity contribution in [2.45, 2.75) is 45.2 Å². The van der Waals surface area contributed by atoms with Gasteiger partial charge in [-0.15, -0.1) is 0 Å². The highest BCUT2D eigenvalue weighted by Gasteiger charge is 2.22. The summed E-state index contributed by atoms with van der Waals surface area (Å²) in [5.41, 5.74) is 0. The Morgan fingerprint density at radius 2 is 2.08 bits per heavy atom. The van der Waals surface area contributed by atoms with Crippen LogP contribution in [0.4, 0.5) is 0 Å². The molecule has 12 heavy (non-hydrogen) atoms. The van der Waals surface area contributed by atoms with Crippen molar-refractivity contribution in [2.24, 2.45) is 0 Å². The van der Waals surface area contributed by atoms with Crippen LogP contribution in [0.5, 0.6) is 0 Å². The first-order valence-electron chi connectivity index (χ1n) is 5.22. The molecule has 2 heteroatoms. The van der Waals surface area contributed by atoms with Gasteiger partial charge in [0.25, 0.3) is 0 Å². The normalized spacial score (nSPS) is 24.2. The number of likely N-dealkylation sites (N-methyl/N-ethyl adjacent to an activating group) is 1. The van der Waals surface area contributed by atoms with Crippen LogP contribution in [0.3, 0.4) is 0 Å². The highest BCUT2D eigenvalue weighted by atomic mass is 15.2. The molecule has 0 spiro atoms. The number of hydrogen-bond donors (Lipinski definition) is 1. The molecular formula is C10H22N2. The van der Waals surface area contributed by atoms with Gasteiger partial charge in [0, 0.05) is 18.6 Å². The zero-order chi connectivity index (χ0) is 8.97. The molecule has 1 aliphatic heterocycles. The molecule has 2 nitrogen and oxygen atoms in total. The van der Waals surface area contributed by atoms with Gasteiger partial charge in [0.2, 0.25) is 0 Å². The van der Waals surface area contributed by atoms with Crippen molar-refractivity contribution < 1.29 is 0 Å². The number of rotatable bonds is 4. The topological polar surface area (TPSA) is 15.3 Å². The summed E-state index contributed by atoms with van der Waals surface area (Å²) < 4.78 is 0. The van der Waals surface area contributed by atoms with E-state index in [4.69, 9.17) is 0 Å². The van der Waals surface area contributed by atoms with E-state index in [9.17, 15) is 0 Å². The van der Waals surface area contributed by atoms with Crippen LogP contribution >= 0.6 is 0 Å². The molecule has 1 unspecified atom stereocenters. The molecule has 1 N–H and O–H groups in total. The van der Waals surface area contributed by atoms with Gasteiger partial charge in [-0.2, -0.15) is 0 Å². The molecular weight excluding hydrogens is 148 g/mol. The lowest BCUT2D eigenvalue weighted by molar-refractivity contribution is 0.174. The van der Waals surface area contributed by atoms with Gasteiger partial charge >= 0.3 is 0 Å². The van der Waals surface area contributed by atoms with Gasteiger partial charge in [0.1, 0.15) is 0 Å². The van der Waals surface area contributed by atoms with Gasteiger partial charge in [-0.25, -0.2) is 0 Å². The number of nitrogens with one attached hydrogen (secondary N) is 1. The highest BCUT2D eigenvalue weighted by molar-refractivity contribution is 4.82. The second-order valence-corrected chi connectivity index (χ2v) is 3.78. The van der Waals surface area contributed by atoms with Gasteiger partial charge < -0.3 is 5.32 Å². The van der Waals surface area contributed by atoms with E-state index in [1.54, 1.807) is 0 Å². The molecule has 0 aromatic heterocycles. The van der Waals surface area contributed by atoms with Gasteiger partial charge in [-0.3, -0.25) is 4.90 Å². The van der Waals surface area contributed by atoms with Crippen LogP contribution in [0.15, 0.2) is 0 Å². The monoisotopic (exact) mass is 170 g/mol. The summed E-state index contributed by atoms with van der Waals surface area (Å²) in [5, 5.41) is 3.41. The quantitative estimate of drug-likeness (QED) is 0.687. The molecule has 0 saturated carbocycles. The molecule has 0 bridgehead atoms. The maximum atomic E-state index is 3.41. The van der Waals surface area contributed by atoms with E-state index in [1.165, 1.54) is 32.4 Å². The van der Waals surface area contributed by atoms with Crippen LogP contribution in [0.1, 0.15) is 33.1 Å². The van der Waals surface area contributed by atoms with Crippen molar-refractivity contribution in [1.82, 2.24) is 10.2 Å². The molecule has 0 amide bonds. The summed E-state index contributed by atoms with van der Waals surface area (Å²) in [6.07, 6.45) is 3.89. The van der Waals surface area contributed by atoms with Crippen LogP contribution in [0.2, 0.25) is 0 Å². The molecule has 0 aliphatic carbocycles. The summed E-state index contributed by atoms with van der Waals surface area (Å²) in [5.74, 6) is 0. The molecule has 1 saturated heterocycles. The summed E-state index contributed by atoms with van der Waals surface area (Å²) in [7, 11) is 2.27. The first kappa shape index (κ1) is 10.0. The fourth-order valence-electron chi connectivity index (χ4n) is 2.15. The Bertz CT molecular complexity index is 113. The number of hydrogen-bond acceptors (Lipinski definition) is 2. The minimum absolute atomic E-state index is 0.787. The Hall–Kier alpha value is -0.0800. The van der Waals surface area contributed by atoms with Crippen LogP contribution in [0, 0.1) is 0 Å². The molecule has 1 aliphatic rings. The van der Waals surface area contributed by atoms with Gasteiger partial charge in [0.05, 0.1) is 0 Å². The Kier molecular flexibility index (Phi) is 4.02. The lowest BCUT2D eigenvalue weighted by atomic mass is 10.1. The zero-order valence-corrected chi connectivity index (χ0v) is 8.64. The van der Waals surface area contributed by atoms with Gasteiger partial charge in [-0.05, 0) is 32.9 Å². The van der Waals surface area contributed by atoms with Crippen molar-refractivity contribution in [1.29, 1.82) is 0 Å². The molecule has 72 valence electrons. The van der Waals surface area contributed by atoms with E-state index in [1.807, 2.05) is 0 Å². The third-order valence-electron chi connectivity index (χ3n) is 3.13. The minimum atomic E-state index is 0.787. The zero-order valence-electron chi connectivity index (χ0n) is 8.64. The summed E-state index contributed by atoms with van der Waals surface area (Å²) in [4.78, 5) is 2.56. The maximum Gasteiger partial charge on any atom is 0.0232 e. The second-order valence-electron chi connectivity index (χ2n) is 3.78. The lowest BCUT2D eigenvalue weighted by Gasteiger charge is -2.31. The van der Waals surface area contributed by atoms with E-state index in [2.05, 4.69) is 31.1 Å². The molecule has 1 rings (SSSR count). The highest BCUT2D eigenvalue weighted by Crippen LogP contribution is 2.14. The average Bonchev–Trinajstić information content (AvgIpc) is 2.58. The standard InChI is InChI=1S/C10H22N2/c1-4-9(5-2)12(3)10-6-7-11-8-10/h9-11H,4-8H2,1-3H3. The SMILES string of the molecule is CCC(CC)N(C)C1CCNC1. The first-order chi connectivity index (χ1) is 5.79. The Labute approximate surface area is 76.3 Å². The van der Waals surface area contributed by atoms with Crippen LogP contribution in [-0.4, -0.2) is 37.1 Å². The second kappa shape index (κ2) is 4.83. The van der Waals surface area contributed by atoms with E-state index < -0.39 is 0 Å².